The average Bonchev–Trinajstić information content (AvgIpc) is 3.14. The van der Waals surface area contributed by atoms with Crippen molar-refractivity contribution in [2.24, 2.45) is 5.92 Å². The Labute approximate surface area is 133 Å². The molecule has 0 spiro atoms. The van der Waals surface area contributed by atoms with Crippen molar-refractivity contribution in [1.82, 2.24) is 14.9 Å². The van der Waals surface area contributed by atoms with Crippen molar-refractivity contribution in [2.45, 2.75) is 20.3 Å². The molecule has 1 fully saturated rings. The number of anilines is 1. The lowest BCUT2D eigenvalue weighted by atomic mass is 10.1. The third kappa shape index (κ3) is 3.23. The van der Waals surface area contributed by atoms with Crippen LogP contribution in [0.3, 0.4) is 0 Å². The van der Waals surface area contributed by atoms with Crippen LogP contribution in [-0.4, -0.2) is 39.8 Å². The number of nitrogens with one attached hydrogen (secondary N) is 1. The third-order valence-corrected chi connectivity index (χ3v) is 3.86. The van der Waals surface area contributed by atoms with Crippen LogP contribution in [0.5, 0.6) is 0 Å². The van der Waals surface area contributed by atoms with Crippen LogP contribution in [0.15, 0.2) is 28.8 Å². The van der Waals surface area contributed by atoms with Crippen molar-refractivity contribution in [3.8, 4) is 0 Å². The molecule has 1 N–H and O–H groups in total. The lowest BCUT2D eigenvalue weighted by molar-refractivity contribution is -0.119. The zero-order chi connectivity index (χ0) is 16.4. The van der Waals surface area contributed by atoms with Crippen molar-refractivity contribution >= 4 is 17.6 Å². The minimum Gasteiger partial charge on any atom is -0.436 e. The Kier molecular flexibility index (Phi) is 4.10. The number of rotatable bonds is 3. The van der Waals surface area contributed by atoms with Gasteiger partial charge in [0.2, 0.25) is 11.7 Å². The quantitative estimate of drug-likeness (QED) is 0.933. The van der Waals surface area contributed by atoms with E-state index in [9.17, 15) is 9.59 Å². The summed E-state index contributed by atoms with van der Waals surface area (Å²) >= 11 is 0. The Morgan fingerprint density at radius 2 is 2.17 bits per heavy atom. The van der Waals surface area contributed by atoms with Crippen LogP contribution in [0.25, 0.3) is 0 Å². The van der Waals surface area contributed by atoms with Gasteiger partial charge >= 0.3 is 0 Å². The van der Waals surface area contributed by atoms with E-state index >= 15 is 0 Å². The van der Waals surface area contributed by atoms with Gasteiger partial charge in [-0.3, -0.25) is 9.59 Å². The molecule has 0 aliphatic carbocycles. The van der Waals surface area contributed by atoms with E-state index in [1.165, 1.54) is 0 Å². The second-order valence-electron chi connectivity index (χ2n) is 5.59. The molecule has 3 heterocycles. The molecule has 3 rings (SSSR count). The molecule has 0 aromatic carbocycles. The summed E-state index contributed by atoms with van der Waals surface area (Å²) in [6, 6.07) is 5.33. The van der Waals surface area contributed by atoms with Crippen LogP contribution in [0, 0.1) is 19.8 Å². The lowest BCUT2D eigenvalue weighted by Gasteiger charge is -2.15. The molecular formula is C16H18N4O3. The monoisotopic (exact) mass is 314 g/mol. The number of aromatic nitrogens is 2. The van der Waals surface area contributed by atoms with E-state index in [-0.39, 0.29) is 23.5 Å². The second kappa shape index (κ2) is 6.20. The summed E-state index contributed by atoms with van der Waals surface area (Å²) in [6.45, 7) is 4.34. The van der Waals surface area contributed by atoms with Gasteiger partial charge in [-0.2, -0.15) is 0 Å². The van der Waals surface area contributed by atoms with Gasteiger partial charge in [-0.1, -0.05) is 6.07 Å². The van der Waals surface area contributed by atoms with E-state index in [0.29, 0.717) is 36.9 Å². The highest BCUT2D eigenvalue weighted by Crippen LogP contribution is 2.21. The van der Waals surface area contributed by atoms with E-state index in [2.05, 4.69) is 15.3 Å². The Bertz CT molecular complexity index is 726. The van der Waals surface area contributed by atoms with Crippen LogP contribution >= 0.6 is 0 Å². The molecule has 7 nitrogen and oxygen atoms in total. The Morgan fingerprint density at radius 1 is 1.35 bits per heavy atom. The summed E-state index contributed by atoms with van der Waals surface area (Å²) in [6.07, 6.45) is 2.24. The summed E-state index contributed by atoms with van der Waals surface area (Å²) in [4.78, 5) is 34.5. The van der Waals surface area contributed by atoms with Crippen molar-refractivity contribution in [3.05, 3.63) is 41.7 Å². The van der Waals surface area contributed by atoms with Crippen molar-refractivity contribution < 1.29 is 14.0 Å². The first kappa shape index (κ1) is 15.2. The van der Waals surface area contributed by atoms with E-state index in [1.807, 2.05) is 6.07 Å². The topological polar surface area (TPSA) is 88.3 Å². The number of nitrogens with zero attached hydrogens (tertiary/aromatic N) is 3. The minimum atomic E-state index is -0.245. The molecule has 0 bridgehead atoms. The number of hydrogen-bond donors (Lipinski definition) is 1. The Hall–Kier alpha value is -2.70. The first-order chi connectivity index (χ1) is 11.0. The predicted octanol–water partition coefficient (Wildman–Crippen LogP) is 1.79. The molecule has 0 saturated carbocycles. The standard InChI is InChI=1S/C16H18N4O3/c1-10-14(23-11(2)18-10)16(22)20-8-6-12(9-20)15(21)19-13-5-3-4-7-17-13/h3-5,7,12H,6,8-9H2,1-2H3,(H,17,19,21). The number of aryl methyl sites for hydroxylation is 2. The normalized spacial score (nSPS) is 17.3. The predicted molar refractivity (Wildman–Crippen MR) is 82.9 cm³/mol. The number of oxazole rings is 1. The molecule has 1 saturated heterocycles. The highest BCUT2D eigenvalue weighted by molar-refractivity contribution is 5.95. The molecule has 2 aromatic heterocycles. The van der Waals surface area contributed by atoms with Gasteiger partial charge in [0, 0.05) is 26.2 Å². The third-order valence-electron chi connectivity index (χ3n) is 3.86. The van der Waals surface area contributed by atoms with E-state index in [4.69, 9.17) is 4.42 Å². The molecular weight excluding hydrogens is 296 g/mol. The number of amides is 2. The first-order valence-electron chi connectivity index (χ1n) is 7.50. The van der Waals surface area contributed by atoms with E-state index < -0.39 is 0 Å². The fourth-order valence-electron chi connectivity index (χ4n) is 2.70. The smallest absolute Gasteiger partial charge is 0.291 e. The lowest BCUT2D eigenvalue weighted by Crippen LogP contribution is -2.31. The zero-order valence-corrected chi connectivity index (χ0v) is 13.1. The van der Waals surface area contributed by atoms with Gasteiger partial charge in [0.15, 0.2) is 5.89 Å². The highest BCUT2D eigenvalue weighted by Gasteiger charge is 2.33. The van der Waals surface area contributed by atoms with Crippen LogP contribution in [0.2, 0.25) is 0 Å². The van der Waals surface area contributed by atoms with Gasteiger partial charge in [-0.25, -0.2) is 9.97 Å². The van der Waals surface area contributed by atoms with Crippen molar-refractivity contribution in [1.29, 1.82) is 0 Å². The largest absolute Gasteiger partial charge is 0.436 e. The fourth-order valence-corrected chi connectivity index (χ4v) is 2.70. The number of hydrogen-bond acceptors (Lipinski definition) is 5. The van der Waals surface area contributed by atoms with Gasteiger partial charge in [-0.05, 0) is 25.5 Å². The Balaban J connectivity index is 1.63. The molecule has 23 heavy (non-hydrogen) atoms. The van der Waals surface area contributed by atoms with Gasteiger partial charge in [0.25, 0.3) is 5.91 Å². The van der Waals surface area contributed by atoms with E-state index in [1.54, 1.807) is 37.1 Å². The second-order valence-corrected chi connectivity index (χ2v) is 5.59. The number of carbonyl (C=O) groups excluding carboxylic acids is 2. The van der Waals surface area contributed by atoms with Gasteiger partial charge in [0.05, 0.1) is 11.6 Å². The molecule has 7 heteroatoms. The molecule has 2 amide bonds. The summed E-state index contributed by atoms with van der Waals surface area (Å²) in [5, 5.41) is 2.77. The summed E-state index contributed by atoms with van der Waals surface area (Å²) in [5.41, 5.74) is 0.578. The molecule has 1 aliphatic heterocycles. The molecule has 1 unspecified atom stereocenters. The molecule has 120 valence electrons. The fraction of sp³-hybridized carbons (Fsp3) is 0.375. The van der Waals surface area contributed by atoms with E-state index in [0.717, 1.165) is 0 Å². The van der Waals surface area contributed by atoms with Gasteiger partial charge in [0.1, 0.15) is 5.82 Å². The SMILES string of the molecule is Cc1nc(C)c(C(=O)N2CCC(C(=O)Nc3ccccn3)C2)o1. The molecule has 2 aromatic rings. The van der Waals surface area contributed by atoms with Gasteiger partial charge in [-0.15, -0.1) is 0 Å². The average molecular weight is 314 g/mol. The van der Waals surface area contributed by atoms with Crippen LogP contribution < -0.4 is 5.32 Å². The molecule has 1 atom stereocenters. The number of likely N-dealkylation sites (tertiary alicyclic amines) is 1. The minimum absolute atomic E-state index is 0.121. The van der Waals surface area contributed by atoms with Crippen molar-refractivity contribution in [2.75, 3.05) is 18.4 Å². The van der Waals surface area contributed by atoms with Gasteiger partial charge < -0.3 is 14.6 Å². The highest BCUT2D eigenvalue weighted by atomic mass is 16.4. The first-order valence-corrected chi connectivity index (χ1v) is 7.50. The zero-order valence-electron chi connectivity index (χ0n) is 13.1. The van der Waals surface area contributed by atoms with Crippen LogP contribution in [0.1, 0.15) is 28.6 Å². The summed E-state index contributed by atoms with van der Waals surface area (Å²) < 4.78 is 5.37. The van der Waals surface area contributed by atoms with Crippen LogP contribution in [0.4, 0.5) is 5.82 Å². The number of pyridine rings is 1. The maximum Gasteiger partial charge on any atom is 0.291 e. The number of carbonyl (C=O) groups is 2. The summed E-state index contributed by atoms with van der Waals surface area (Å²) in [5.74, 6) is 0.665. The molecule has 1 aliphatic rings. The molecule has 0 radical (unpaired) electrons. The Morgan fingerprint density at radius 3 is 2.83 bits per heavy atom. The maximum atomic E-state index is 12.5. The maximum absolute atomic E-state index is 12.5. The van der Waals surface area contributed by atoms with Crippen molar-refractivity contribution in [3.63, 3.8) is 0 Å². The van der Waals surface area contributed by atoms with Crippen LogP contribution in [-0.2, 0) is 4.79 Å². The summed E-state index contributed by atoms with van der Waals surface area (Å²) in [7, 11) is 0.